The zero-order valence-electron chi connectivity index (χ0n) is 18.8. The SMILES string of the molecule is C[C@@H]1COCCN1c1cc(-c2ccc(-c3ccnn3C)cc2F)c2cnn(-c3cc[nH]n3)c2n1. The molecule has 1 aliphatic rings. The van der Waals surface area contributed by atoms with Gasteiger partial charge in [0, 0.05) is 54.1 Å². The maximum atomic E-state index is 15.6. The molecule has 1 fully saturated rings. The lowest BCUT2D eigenvalue weighted by molar-refractivity contribution is 0.0985. The fraction of sp³-hybridized carbons (Fsp3) is 0.250. The van der Waals surface area contributed by atoms with Crippen molar-refractivity contribution >= 4 is 16.9 Å². The van der Waals surface area contributed by atoms with Gasteiger partial charge in [-0.3, -0.25) is 9.78 Å². The van der Waals surface area contributed by atoms with E-state index in [1.807, 2.05) is 37.4 Å². The van der Waals surface area contributed by atoms with Gasteiger partial charge in [-0.2, -0.15) is 20.0 Å². The van der Waals surface area contributed by atoms with Gasteiger partial charge in [-0.1, -0.05) is 12.1 Å². The third-order valence-electron chi connectivity index (χ3n) is 6.27. The van der Waals surface area contributed by atoms with Crippen LogP contribution in [0.4, 0.5) is 10.2 Å². The Kier molecular flexibility index (Phi) is 4.88. The van der Waals surface area contributed by atoms with Crippen LogP contribution in [-0.4, -0.2) is 60.5 Å². The Morgan fingerprint density at radius 3 is 2.74 bits per heavy atom. The van der Waals surface area contributed by atoms with E-state index in [1.54, 1.807) is 34.0 Å². The molecule has 5 aromatic rings. The number of aryl methyl sites for hydroxylation is 1. The molecule has 0 aliphatic carbocycles. The van der Waals surface area contributed by atoms with E-state index < -0.39 is 0 Å². The molecule has 1 aromatic carbocycles. The van der Waals surface area contributed by atoms with E-state index in [4.69, 9.17) is 9.72 Å². The van der Waals surface area contributed by atoms with Crippen molar-refractivity contribution in [2.75, 3.05) is 24.7 Å². The first-order valence-electron chi connectivity index (χ1n) is 11.1. The number of hydrogen-bond acceptors (Lipinski definition) is 6. The zero-order valence-corrected chi connectivity index (χ0v) is 18.8. The number of pyridine rings is 1. The quantitative estimate of drug-likeness (QED) is 0.443. The molecule has 5 heterocycles. The first kappa shape index (κ1) is 20.5. The maximum Gasteiger partial charge on any atom is 0.177 e. The Hall–Kier alpha value is -4.05. The molecule has 10 heteroatoms. The summed E-state index contributed by atoms with van der Waals surface area (Å²) in [6.07, 6.45) is 5.15. The van der Waals surface area contributed by atoms with Gasteiger partial charge in [-0.15, -0.1) is 0 Å². The number of ether oxygens (including phenoxy) is 1. The molecular formula is C24H23FN8O. The second-order valence-electron chi connectivity index (χ2n) is 8.41. The van der Waals surface area contributed by atoms with Crippen molar-refractivity contribution in [2.24, 2.45) is 7.05 Å². The smallest absolute Gasteiger partial charge is 0.177 e. The summed E-state index contributed by atoms with van der Waals surface area (Å²) >= 11 is 0. The Bertz CT molecular complexity index is 1470. The molecule has 6 rings (SSSR count). The molecule has 9 nitrogen and oxygen atoms in total. The first-order chi connectivity index (χ1) is 16.6. The normalized spacial score (nSPS) is 16.4. The number of anilines is 1. The number of nitrogens with one attached hydrogen (secondary N) is 1. The van der Waals surface area contributed by atoms with Gasteiger partial charge in [0.2, 0.25) is 0 Å². The van der Waals surface area contributed by atoms with Crippen LogP contribution in [0.1, 0.15) is 6.92 Å². The van der Waals surface area contributed by atoms with E-state index in [-0.39, 0.29) is 11.9 Å². The van der Waals surface area contributed by atoms with Crippen molar-refractivity contribution in [1.29, 1.82) is 0 Å². The van der Waals surface area contributed by atoms with E-state index in [0.29, 0.717) is 36.8 Å². The van der Waals surface area contributed by atoms with Gasteiger partial charge in [0.25, 0.3) is 0 Å². The third kappa shape index (κ3) is 3.34. The average molecular weight is 459 g/mol. The van der Waals surface area contributed by atoms with Gasteiger partial charge in [-0.25, -0.2) is 9.37 Å². The number of hydrogen-bond donors (Lipinski definition) is 1. The van der Waals surface area contributed by atoms with Crippen molar-refractivity contribution in [1.82, 2.24) is 34.7 Å². The van der Waals surface area contributed by atoms with E-state index in [0.717, 1.165) is 28.0 Å². The number of fused-ring (bicyclic) bond motifs is 1. The number of benzene rings is 1. The summed E-state index contributed by atoms with van der Waals surface area (Å²) in [5, 5.41) is 16.5. The Morgan fingerprint density at radius 1 is 1.09 bits per heavy atom. The van der Waals surface area contributed by atoms with E-state index in [1.165, 1.54) is 0 Å². The van der Waals surface area contributed by atoms with Crippen LogP contribution in [0.25, 0.3) is 39.2 Å². The molecule has 0 bridgehead atoms. The molecule has 4 aromatic heterocycles. The predicted octanol–water partition coefficient (Wildman–Crippen LogP) is 3.58. The Balaban J connectivity index is 1.54. The van der Waals surface area contributed by atoms with Gasteiger partial charge in [0.1, 0.15) is 11.6 Å². The van der Waals surface area contributed by atoms with Crippen LogP contribution in [0.5, 0.6) is 0 Å². The van der Waals surface area contributed by atoms with Gasteiger partial charge in [-0.05, 0) is 25.1 Å². The molecule has 172 valence electrons. The maximum absolute atomic E-state index is 15.6. The number of morpholine rings is 1. The Labute approximate surface area is 194 Å². The Morgan fingerprint density at radius 2 is 2.00 bits per heavy atom. The first-order valence-corrected chi connectivity index (χ1v) is 11.1. The number of H-pyrrole nitrogens is 1. The van der Waals surface area contributed by atoms with E-state index in [2.05, 4.69) is 32.2 Å². The molecule has 1 aliphatic heterocycles. The zero-order chi connectivity index (χ0) is 23.2. The number of aromatic amines is 1. The minimum Gasteiger partial charge on any atom is -0.377 e. The number of halogens is 1. The van der Waals surface area contributed by atoms with Gasteiger partial charge in [0.05, 0.1) is 31.1 Å². The van der Waals surface area contributed by atoms with Crippen LogP contribution in [0, 0.1) is 5.82 Å². The molecule has 1 saturated heterocycles. The predicted molar refractivity (Wildman–Crippen MR) is 126 cm³/mol. The van der Waals surface area contributed by atoms with Crippen LogP contribution in [-0.2, 0) is 11.8 Å². The lowest BCUT2D eigenvalue weighted by Gasteiger charge is -2.34. The summed E-state index contributed by atoms with van der Waals surface area (Å²) in [5.74, 6) is 1.05. The van der Waals surface area contributed by atoms with Crippen molar-refractivity contribution in [3.63, 3.8) is 0 Å². The molecule has 1 atom stereocenters. The number of nitrogens with zero attached hydrogens (tertiary/aromatic N) is 7. The highest BCUT2D eigenvalue weighted by molar-refractivity contribution is 5.95. The lowest BCUT2D eigenvalue weighted by atomic mass is 10.00. The molecule has 0 spiro atoms. The van der Waals surface area contributed by atoms with E-state index >= 15 is 4.39 Å². The van der Waals surface area contributed by atoms with Crippen molar-refractivity contribution < 1.29 is 9.13 Å². The molecule has 0 unspecified atom stereocenters. The minimum absolute atomic E-state index is 0.144. The minimum atomic E-state index is -0.320. The highest BCUT2D eigenvalue weighted by atomic mass is 19.1. The fourth-order valence-corrected chi connectivity index (χ4v) is 4.51. The van der Waals surface area contributed by atoms with Crippen LogP contribution in [0.15, 0.2) is 55.0 Å². The summed E-state index contributed by atoms with van der Waals surface area (Å²) in [5.41, 5.74) is 3.45. The monoisotopic (exact) mass is 458 g/mol. The topological polar surface area (TPSA) is 89.7 Å². The number of aromatic nitrogens is 7. The van der Waals surface area contributed by atoms with Crippen LogP contribution in [0.3, 0.4) is 0 Å². The summed E-state index contributed by atoms with van der Waals surface area (Å²) in [6, 6.07) is 11.1. The van der Waals surface area contributed by atoms with Crippen molar-refractivity contribution in [3.05, 3.63) is 60.8 Å². The van der Waals surface area contributed by atoms with Gasteiger partial charge >= 0.3 is 0 Å². The fourth-order valence-electron chi connectivity index (χ4n) is 4.51. The molecular weight excluding hydrogens is 435 g/mol. The van der Waals surface area contributed by atoms with Gasteiger partial charge in [0.15, 0.2) is 11.5 Å². The molecule has 0 radical (unpaired) electrons. The molecule has 1 N–H and O–H groups in total. The standard InChI is InChI=1S/C24H23FN8O/c1-15-14-34-10-9-32(15)23-12-18(19-13-28-33(24(19)29-23)22-6-7-26-30-22)17-4-3-16(11-20(17)25)21-5-8-27-31(21)2/h3-8,11-13,15H,9-10,14H2,1-2H3,(H,26,30)/t15-/m1/s1. The largest absolute Gasteiger partial charge is 0.377 e. The molecule has 0 amide bonds. The van der Waals surface area contributed by atoms with Crippen molar-refractivity contribution in [3.8, 4) is 28.2 Å². The highest BCUT2D eigenvalue weighted by Gasteiger charge is 2.24. The summed E-state index contributed by atoms with van der Waals surface area (Å²) < 4.78 is 24.6. The molecule has 0 saturated carbocycles. The third-order valence-corrected chi connectivity index (χ3v) is 6.27. The highest BCUT2D eigenvalue weighted by Crippen LogP contribution is 2.36. The number of rotatable bonds is 4. The van der Waals surface area contributed by atoms with Crippen LogP contribution >= 0.6 is 0 Å². The van der Waals surface area contributed by atoms with Crippen LogP contribution in [0.2, 0.25) is 0 Å². The van der Waals surface area contributed by atoms with E-state index in [9.17, 15) is 0 Å². The summed E-state index contributed by atoms with van der Waals surface area (Å²) in [7, 11) is 1.84. The van der Waals surface area contributed by atoms with Gasteiger partial charge < -0.3 is 9.64 Å². The van der Waals surface area contributed by atoms with Crippen molar-refractivity contribution in [2.45, 2.75) is 13.0 Å². The summed E-state index contributed by atoms with van der Waals surface area (Å²) in [6.45, 7) is 4.03. The second kappa shape index (κ2) is 8.07. The average Bonchev–Trinajstić information content (AvgIpc) is 3.59. The lowest BCUT2D eigenvalue weighted by Crippen LogP contribution is -2.44. The van der Waals surface area contributed by atoms with Crippen LogP contribution < -0.4 is 4.90 Å². The second-order valence-corrected chi connectivity index (χ2v) is 8.41. The molecule has 34 heavy (non-hydrogen) atoms. The summed E-state index contributed by atoms with van der Waals surface area (Å²) in [4.78, 5) is 7.12.